The molecule has 0 aliphatic carbocycles. The Bertz CT molecular complexity index is 934. The normalized spacial score (nSPS) is 23.5. The van der Waals surface area contributed by atoms with Crippen LogP contribution in [-0.2, 0) is 13.1 Å². The van der Waals surface area contributed by atoms with E-state index in [1.807, 2.05) is 12.1 Å². The maximum atomic E-state index is 6.38. The van der Waals surface area contributed by atoms with Crippen LogP contribution in [0.4, 0.5) is 0 Å². The van der Waals surface area contributed by atoms with E-state index < -0.39 is 0 Å². The number of likely N-dealkylation sites (tertiary alicyclic amines) is 2. The van der Waals surface area contributed by atoms with Crippen LogP contribution >= 0.6 is 11.6 Å². The van der Waals surface area contributed by atoms with E-state index in [9.17, 15) is 0 Å². The van der Waals surface area contributed by atoms with Crippen LogP contribution in [0.5, 0.6) is 0 Å². The Labute approximate surface area is 164 Å². The fourth-order valence-electron chi connectivity index (χ4n) is 4.95. The fourth-order valence-corrected chi connectivity index (χ4v) is 5.17. The fraction of sp³-hybridized carbons (Fsp3) is 0.500. The number of aromatic amines is 1. The minimum atomic E-state index is 0.659. The average Bonchev–Trinajstić information content (AvgIpc) is 3.42. The number of rotatable bonds is 5. The maximum absolute atomic E-state index is 6.38. The van der Waals surface area contributed by atoms with Crippen LogP contribution in [0.2, 0.25) is 5.02 Å². The molecule has 0 saturated carbocycles. The third-order valence-electron chi connectivity index (χ3n) is 6.43. The number of benzene rings is 1. The molecular weight excluding hydrogens is 360 g/mol. The number of hydrogen-bond acceptors (Lipinski definition) is 4. The first-order valence-corrected chi connectivity index (χ1v) is 10.1. The van der Waals surface area contributed by atoms with Crippen molar-refractivity contribution in [3.05, 3.63) is 47.1 Å². The first kappa shape index (κ1) is 17.2. The number of aryl methyl sites for hydroxylation is 1. The van der Waals surface area contributed by atoms with Crippen LogP contribution in [0.15, 0.2) is 30.9 Å². The molecule has 4 heterocycles. The first-order valence-electron chi connectivity index (χ1n) is 9.77. The maximum Gasteiger partial charge on any atom is 0.119 e. The van der Waals surface area contributed by atoms with Crippen LogP contribution in [-0.4, -0.2) is 61.3 Å². The molecule has 1 N–H and O–H groups in total. The number of hydrogen-bond donors (Lipinski definition) is 1. The molecule has 27 heavy (non-hydrogen) atoms. The van der Waals surface area contributed by atoms with E-state index in [1.54, 1.807) is 12.7 Å². The summed E-state index contributed by atoms with van der Waals surface area (Å²) in [6, 6.07) is 7.49. The summed E-state index contributed by atoms with van der Waals surface area (Å²) in [4.78, 5) is 8.90. The molecule has 2 fully saturated rings. The second-order valence-corrected chi connectivity index (χ2v) is 8.22. The van der Waals surface area contributed by atoms with Crippen LogP contribution in [0.3, 0.4) is 0 Å². The minimum absolute atomic E-state index is 0.659. The Balaban J connectivity index is 1.28. The highest BCUT2D eigenvalue weighted by atomic mass is 35.5. The molecule has 5 rings (SSSR count). The van der Waals surface area contributed by atoms with Crippen molar-refractivity contribution in [1.29, 1.82) is 0 Å². The van der Waals surface area contributed by atoms with Crippen molar-refractivity contribution in [3.63, 3.8) is 0 Å². The Hall–Kier alpha value is -1.89. The van der Waals surface area contributed by atoms with E-state index in [0.29, 0.717) is 12.1 Å². The zero-order valence-electron chi connectivity index (χ0n) is 15.6. The van der Waals surface area contributed by atoms with Gasteiger partial charge in [0.25, 0.3) is 0 Å². The van der Waals surface area contributed by atoms with Crippen LogP contribution in [0.25, 0.3) is 10.9 Å². The Morgan fingerprint density at radius 2 is 1.81 bits per heavy atom. The molecular formula is C20H25ClN6. The Morgan fingerprint density at radius 1 is 1.07 bits per heavy atom. The zero-order valence-corrected chi connectivity index (χ0v) is 16.4. The van der Waals surface area contributed by atoms with Crippen molar-refractivity contribution in [3.8, 4) is 0 Å². The third-order valence-corrected chi connectivity index (χ3v) is 6.74. The summed E-state index contributed by atoms with van der Waals surface area (Å²) in [5.74, 6) is 0. The average molecular weight is 385 g/mol. The van der Waals surface area contributed by atoms with Crippen LogP contribution < -0.4 is 0 Å². The van der Waals surface area contributed by atoms with Gasteiger partial charge < -0.3 is 9.55 Å². The number of nitrogens with zero attached hydrogens (tertiary/aromatic N) is 5. The van der Waals surface area contributed by atoms with Gasteiger partial charge in [0.15, 0.2) is 0 Å². The molecule has 7 heteroatoms. The predicted molar refractivity (Wildman–Crippen MR) is 107 cm³/mol. The summed E-state index contributed by atoms with van der Waals surface area (Å²) < 4.78 is 2.07. The zero-order chi connectivity index (χ0) is 18.4. The number of fused-ring (bicyclic) bond motifs is 2. The van der Waals surface area contributed by atoms with Gasteiger partial charge in [-0.05, 0) is 31.4 Å². The van der Waals surface area contributed by atoms with Crippen molar-refractivity contribution in [2.75, 3.05) is 19.6 Å². The summed E-state index contributed by atoms with van der Waals surface area (Å²) in [5.41, 5.74) is 3.71. The second kappa shape index (κ2) is 6.93. The number of H-pyrrole nitrogens is 1. The summed E-state index contributed by atoms with van der Waals surface area (Å²) in [6.45, 7) is 7.59. The van der Waals surface area contributed by atoms with E-state index in [-0.39, 0.29) is 0 Å². The Kier molecular flexibility index (Phi) is 4.42. The molecule has 6 nitrogen and oxygen atoms in total. The lowest BCUT2D eigenvalue weighted by Gasteiger charge is -2.25. The highest BCUT2D eigenvalue weighted by Crippen LogP contribution is 2.34. The molecule has 0 bridgehead atoms. The molecule has 0 radical (unpaired) electrons. The van der Waals surface area contributed by atoms with Gasteiger partial charge in [-0.15, -0.1) is 10.2 Å². The minimum Gasteiger partial charge on any atom is -0.356 e. The first-order chi connectivity index (χ1) is 13.2. The van der Waals surface area contributed by atoms with E-state index in [4.69, 9.17) is 11.6 Å². The molecule has 2 aromatic heterocycles. The van der Waals surface area contributed by atoms with E-state index in [2.05, 4.69) is 42.5 Å². The van der Waals surface area contributed by atoms with Gasteiger partial charge in [-0.1, -0.05) is 23.7 Å². The standard InChI is InChI=1S/C20H25ClN6/c1-14-15-3-2-4-16(21)20(15)24-17(14)11-27-8-6-18-19(27)5-7-26(18)10-9-25-12-22-23-13-25/h2-4,12-13,18-19,24H,5-11H2,1H3/t18-,19-/m0/s1. The van der Waals surface area contributed by atoms with Crippen molar-refractivity contribution in [1.82, 2.24) is 29.5 Å². The molecule has 0 spiro atoms. The number of nitrogens with one attached hydrogen (secondary N) is 1. The van der Waals surface area contributed by atoms with Crippen molar-refractivity contribution >= 4 is 22.5 Å². The molecule has 2 aliphatic rings. The summed E-state index contributed by atoms with van der Waals surface area (Å²) >= 11 is 6.38. The molecule has 0 amide bonds. The van der Waals surface area contributed by atoms with Crippen LogP contribution in [0, 0.1) is 6.92 Å². The monoisotopic (exact) mass is 384 g/mol. The van der Waals surface area contributed by atoms with Gasteiger partial charge in [-0.25, -0.2) is 0 Å². The molecule has 3 aromatic rings. The largest absolute Gasteiger partial charge is 0.356 e. The lowest BCUT2D eigenvalue weighted by Crippen LogP contribution is -2.37. The number of aromatic nitrogens is 4. The lowest BCUT2D eigenvalue weighted by atomic mass is 10.1. The van der Waals surface area contributed by atoms with Gasteiger partial charge in [0, 0.05) is 55.9 Å². The summed E-state index contributed by atoms with van der Waals surface area (Å²) in [7, 11) is 0. The van der Waals surface area contributed by atoms with Gasteiger partial charge in [-0.3, -0.25) is 9.80 Å². The molecule has 2 atom stereocenters. The van der Waals surface area contributed by atoms with Gasteiger partial charge >= 0.3 is 0 Å². The third kappa shape index (κ3) is 3.06. The Morgan fingerprint density at radius 3 is 2.59 bits per heavy atom. The lowest BCUT2D eigenvalue weighted by molar-refractivity contribution is 0.211. The highest BCUT2D eigenvalue weighted by Gasteiger charge is 2.42. The van der Waals surface area contributed by atoms with Gasteiger partial charge in [0.2, 0.25) is 0 Å². The van der Waals surface area contributed by atoms with Gasteiger partial charge in [0.1, 0.15) is 12.7 Å². The van der Waals surface area contributed by atoms with E-state index in [1.165, 1.54) is 42.6 Å². The molecule has 142 valence electrons. The summed E-state index contributed by atoms with van der Waals surface area (Å²) in [6.07, 6.45) is 6.12. The second-order valence-electron chi connectivity index (χ2n) is 7.81. The van der Waals surface area contributed by atoms with Gasteiger partial charge in [0.05, 0.1) is 10.5 Å². The summed E-state index contributed by atoms with van der Waals surface area (Å²) in [5, 5.41) is 9.85. The predicted octanol–water partition coefficient (Wildman–Crippen LogP) is 3.07. The van der Waals surface area contributed by atoms with Crippen molar-refractivity contribution < 1.29 is 0 Å². The number of para-hydroxylation sites is 1. The van der Waals surface area contributed by atoms with E-state index in [0.717, 1.165) is 30.2 Å². The molecule has 2 saturated heterocycles. The number of halogens is 1. The quantitative estimate of drug-likeness (QED) is 0.734. The van der Waals surface area contributed by atoms with Crippen LogP contribution in [0.1, 0.15) is 24.1 Å². The molecule has 2 aliphatic heterocycles. The van der Waals surface area contributed by atoms with Crippen molar-refractivity contribution in [2.24, 2.45) is 0 Å². The van der Waals surface area contributed by atoms with Crippen molar-refractivity contribution in [2.45, 2.75) is 44.9 Å². The van der Waals surface area contributed by atoms with Gasteiger partial charge in [-0.2, -0.15) is 0 Å². The molecule has 0 unspecified atom stereocenters. The van der Waals surface area contributed by atoms with E-state index >= 15 is 0 Å². The molecule has 1 aromatic carbocycles. The topological polar surface area (TPSA) is 53.0 Å². The smallest absolute Gasteiger partial charge is 0.119 e. The SMILES string of the molecule is Cc1c(CN2CC[C@H]3[C@@H]2CCN3CCn2cnnc2)[nH]c2c(Cl)cccc12. The highest BCUT2D eigenvalue weighted by molar-refractivity contribution is 6.35.